The van der Waals surface area contributed by atoms with Gasteiger partial charge in [0.25, 0.3) is 0 Å². The van der Waals surface area contributed by atoms with Gasteiger partial charge in [0.05, 0.1) is 13.1 Å². The van der Waals surface area contributed by atoms with Crippen molar-refractivity contribution < 1.29 is 0 Å². The first kappa shape index (κ1) is 13.8. The summed E-state index contributed by atoms with van der Waals surface area (Å²) in [6, 6.07) is 0. The number of hydrogen-bond donors (Lipinski definition) is 1. The molecule has 0 aromatic rings. The standard InChI is InChI=1S/C14H28N4/c1-2-3-4-5-8-17-9-11-18(12-10-17)13-14-15-6-7-16-14/h2-13H2,1H3,(H,15,16). The molecule has 0 amide bonds. The van der Waals surface area contributed by atoms with E-state index >= 15 is 0 Å². The number of piperazine rings is 1. The van der Waals surface area contributed by atoms with Crippen molar-refractivity contribution in [3.63, 3.8) is 0 Å². The van der Waals surface area contributed by atoms with Gasteiger partial charge in [-0.3, -0.25) is 9.89 Å². The molecule has 2 heterocycles. The molecule has 2 rings (SSSR count). The van der Waals surface area contributed by atoms with E-state index in [1.807, 2.05) is 0 Å². The zero-order valence-corrected chi connectivity index (χ0v) is 11.8. The summed E-state index contributed by atoms with van der Waals surface area (Å²) in [7, 11) is 0. The molecule has 1 saturated heterocycles. The third-order valence-electron chi connectivity index (χ3n) is 3.91. The molecule has 1 N–H and O–H groups in total. The molecule has 0 spiro atoms. The van der Waals surface area contributed by atoms with Crippen LogP contribution in [0, 0.1) is 0 Å². The van der Waals surface area contributed by atoms with Crippen LogP contribution in [0.4, 0.5) is 0 Å². The van der Waals surface area contributed by atoms with Crippen molar-refractivity contribution in [1.29, 1.82) is 0 Å². The van der Waals surface area contributed by atoms with E-state index < -0.39 is 0 Å². The van der Waals surface area contributed by atoms with Gasteiger partial charge in [0.15, 0.2) is 0 Å². The summed E-state index contributed by atoms with van der Waals surface area (Å²) in [5.41, 5.74) is 0. The molecule has 0 aliphatic carbocycles. The molecule has 104 valence electrons. The molecule has 2 aliphatic rings. The Morgan fingerprint density at radius 2 is 1.83 bits per heavy atom. The van der Waals surface area contributed by atoms with E-state index in [4.69, 9.17) is 0 Å². The lowest BCUT2D eigenvalue weighted by molar-refractivity contribution is 0.143. The van der Waals surface area contributed by atoms with Gasteiger partial charge in [-0.15, -0.1) is 0 Å². The molecule has 4 heteroatoms. The van der Waals surface area contributed by atoms with E-state index in [1.165, 1.54) is 64.2 Å². The predicted molar refractivity (Wildman–Crippen MR) is 77.3 cm³/mol. The molecule has 18 heavy (non-hydrogen) atoms. The first-order chi connectivity index (χ1) is 8.88. The second-order valence-electron chi connectivity index (χ2n) is 5.43. The maximum atomic E-state index is 4.47. The van der Waals surface area contributed by atoms with Crippen LogP contribution in [0.25, 0.3) is 0 Å². The third kappa shape index (κ3) is 4.58. The van der Waals surface area contributed by atoms with Crippen LogP contribution in [0.3, 0.4) is 0 Å². The minimum absolute atomic E-state index is 0.965. The fourth-order valence-corrected chi connectivity index (χ4v) is 2.70. The Labute approximate surface area is 111 Å². The lowest BCUT2D eigenvalue weighted by Crippen LogP contribution is -2.49. The maximum absolute atomic E-state index is 4.47. The molecule has 0 bridgehead atoms. The molecule has 0 aromatic carbocycles. The second-order valence-corrected chi connectivity index (χ2v) is 5.43. The first-order valence-corrected chi connectivity index (χ1v) is 7.60. The summed E-state index contributed by atoms with van der Waals surface area (Å²) in [6.45, 7) is 11.5. The number of aliphatic imine (C=N–C) groups is 1. The Morgan fingerprint density at radius 3 is 2.50 bits per heavy atom. The fourth-order valence-electron chi connectivity index (χ4n) is 2.70. The minimum Gasteiger partial charge on any atom is -0.371 e. The van der Waals surface area contributed by atoms with Crippen molar-refractivity contribution in [3.05, 3.63) is 0 Å². The molecule has 0 saturated carbocycles. The fraction of sp³-hybridized carbons (Fsp3) is 0.929. The van der Waals surface area contributed by atoms with Gasteiger partial charge in [-0.2, -0.15) is 0 Å². The lowest BCUT2D eigenvalue weighted by Gasteiger charge is -2.34. The van der Waals surface area contributed by atoms with Crippen molar-refractivity contribution in [1.82, 2.24) is 15.1 Å². The van der Waals surface area contributed by atoms with E-state index in [0.717, 1.165) is 19.6 Å². The summed E-state index contributed by atoms with van der Waals surface area (Å²) < 4.78 is 0. The van der Waals surface area contributed by atoms with Gasteiger partial charge in [-0.05, 0) is 13.0 Å². The van der Waals surface area contributed by atoms with Crippen molar-refractivity contribution in [2.75, 3.05) is 52.4 Å². The average molecular weight is 252 g/mol. The number of nitrogens with one attached hydrogen (secondary N) is 1. The first-order valence-electron chi connectivity index (χ1n) is 7.60. The molecular weight excluding hydrogens is 224 g/mol. The maximum Gasteiger partial charge on any atom is 0.111 e. The number of unbranched alkanes of at least 4 members (excludes halogenated alkanes) is 3. The molecule has 0 unspecified atom stereocenters. The SMILES string of the molecule is CCCCCCN1CCN(CC2=NCCN2)CC1. The van der Waals surface area contributed by atoms with Crippen molar-refractivity contribution >= 4 is 5.84 Å². The molecule has 0 radical (unpaired) electrons. The van der Waals surface area contributed by atoms with Crippen molar-refractivity contribution in [2.45, 2.75) is 32.6 Å². The van der Waals surface area contributed by atoms with Gasteiger partial charge in [-0.1, -0.05) is 26.2 Å². The Morgan fingerprint density at radius 1 is 1.06 bits per heavy atom. The van der Waals surface area contributed by atoms with Crippen LogP contribution in [-0.2, 0) is 0 Å². The summed E-state index contributed by atoms with van der Waals surface area (Å²) in [6.07, 6.45) is 5.51. The molecule has 0 atom stereocenters. The van der Waals surface area contributed by atoms with E-state index in [-0.39, 0.29) is 0 Å². The van der Waals surface area contributed by atoms with Gasteiger partial charge in [-0.25, -0.2) is 0 Å². The van der Waals surface area contributed by atoms with E-state index in [9.17, 15) is 0 Å². The van der Waals surface area contributed by atoms with Crippen molar-refractivity contribution in [2.24, 2.45) is 4.99 Å². The zero-order chi connectivity index (χ0) is 12.6. The normalized spacial score (nSPS) is 21.9. The Balaban J connectivity index is 1.56. The van der Waals surface area contributed by atoms with E-state index in [0.29, 0.717) is 0 Å². The second kappa shape index (κ2) is 7.74. The van der Waals surface area contributed by atoms with Crippen LogP contribution >= 0.6 is 0 Å². The zero-order valence-electron chi connectivity index (χ0n) is 11.8. The average Bonchev–Trinajstić information content (AvgIpc) is 2.89. The van der Waals surface area contributed by atoms with Crippen LogP contribution in [-0.4, -0.2) is 68.0 Å². The molecule has 4 nitrogen and oxygen atoms in total. The largest absolute Gasteiger partial charge is 0.371 e. The molecule has 1 fully saturated rings. The summed E-state index contributed by atoms with van der Waals surface area (Å²) in [4.78, 5) is 9.62. The molecule has 0 aromatic heterocycles. The smallest absolute Gasteiger partial charge is 0.111 e. The van der Waals surface area contributed by atoms with E-state index in [1.54, 1.807) is 0 Å². The summed E-state index contributed by atoms with van der Waals surface area (Å²) >= 11 is 0. The highest BCUT2D eigenvalue weighted by molar-refractivity contribution is 5.85. The highest BCUT2D eigenvalue weighted by atomic mass is 15.3. The molecule has 2 aliphatic heterocycles. The third-order valence-corrected chi connectivity index (χ3v) is 3.91. The topological polar surface area (TPSA) is 30.9 Å². The van der Waals surface area contributed by atoms with Crippen molar-refractivity contribution in [3.8, 4) is 0 Å². The highest BCUT2D eigenvalue weighted by Gasteiger charge is 2.18. The van der Waals surface area contributed by atoms with Crippen LogP contribution in [0.15, 0.2) is 4.99 Å². The van der Waals surface area contributed by atoms with Crippen LogP contribution in [0.1, 0.15) is 32.6 Å². The van der Waals surface area contributed by atoms with Gasteiger partial charge >= 0.3 is 0 Å². The predicted octanol–water partition coefficient (Wildman–Crippen LogP) is 1.19. The van der Waals surface area contributed by atoms with Crippen LogP contribution in [0.2, 0.25) is 0 Å². The summed E-state index contributed by atoms with van der Waals surface area (Å²) in [5.74, 6) is 1.20. The quantitative estimate of drug-likeness (QED) is 0.691. The van der Waals surface area contributed by atoms with Gasteiger partial charge < -0.3 is 10.2 Å². The Hall–Kier alpha value is -0.610. The van der Waals surface area contributed by atoms with E-state index in [2.05, 4.69) is 27.0 Å². The molecular formula is C14H28N4. The summed E-state index contributed by atoms with van der Waals surface area (Å²) in [5, 5.41) is 3.36. The van der Waals surface area contributed by atoms with Gasteiger partial charge in [0.1, 0.15) is 5.84 Å². The number of nitrogens with zero attached hydrogens (tertiary/aromatic N) is 3. The van der Waals surface area contributed by atoms with Gasteiger partial charge in [0.2, 0.25) is 0 Å². The Kier molecular flexibility index (Phi) is 5.94. The number of hydrogen-bond acceptors (Lipinski definition) is 4. The van der Waals surface area contributed by atoms with Crippen LogP contribution in [0.5, 0.6) is 0 Å². The van der Waals surface area contributed by atoms with Gasteiger partial charge in [0, 0.05) is 32.7 Å². The minimum atomic E-state index is 0.965. The number of amidine groups is 1. The number of rotatable bonds is 7. The highest BCUT2D eigenvalue weighted by Crippen LogP contribution is 2.06. The monoisotopic (exact) mass is 252 g/mol. The van der Waals surface area contributed by atoms with Crippen LogP contribution < -0.4 is 5.32 Å². The lowest BCUT2D eigenvalue weighted by atomic mass is 10.2. The Bertz CT molecular complexity index is 257.